The zero-order chi connectivity index (χ0) is 11.7. The van der Waals surface area contributed by atoms with Gasteiger partial charge in [-0.1, -0.05) is 12.2 Å². The topological polar surface area (TPSA) is 51.2 Å². The Morgan fingerprint density at radius 1 is 1.50 bits per heavy atom. The molecule has 2 aromatic rings. The predicted octanol–water partition coefficient (Wildman–Crippen LogP) is 1.66. The van der Waals surface area contributed by atoms with E-state index in [4.69, 9.17) is 18.0 Å². The maximum Gasteiger partial charge on any atom is 0.104 e. The SMILES string of the molecule is CC(O)Cn1ccc2cc(C(N)=S)ccc21. The van der Waals surface area contributed by atoms with E-state index in [2.05, 4.69) is 0 Å². The van der Waals surface area contributed by atoms with Gasteiger partial charge in [-0.3, -0.25) is 0 Å². The van der Waals surface area contributed by atoms with Gasteiger partial charge in [-0.25, -0.2) is 0 Å². The van der Waals surface area contributed by atoms with Crippen LogP contribution in [0.15, 0.2) is 30.5 Å². The standard InChI is InChI=1S/C12H14N2OS/c1-8(15)7-14-5-4-9-6-10(12(13)16)2-3-11(9)14/h2-6,8,15H,7H2,1H3,(H2,13,16). The van der Waals surface area contributed by atoms with Gasteiger partial charge < -0.3 is 15.4 Å². The van der Waals surface area contributed by atoms with Crippen LogP contribution in [-0.2, 0) is 6.54 Å². The van der Waals surface area contributed by atoms with Crippen LogP contribution in [0.2, 0.25) is 0 Å². The van der Waals surface area contributed by atoms with E-state index in [1.807, 2.05) is 35.0 Å². The summed E-state index contributed by atoms with van der Waals surface area (Å²) in [4.78, 5) is 0.408. The van der Waals surface area contributed by atoms with Gasteiger partial charge in [0.15, 0.2) is 0 Å². The first-order valence-electron chi connectivity index (χ1n) is 5.14. The third kappa shape index (κ3) is 2.08. The van der Waals surface area contributed by atoms with Crippen LogP contribution in [-0.4, -0.2) is 20.8 Å². The van der Waals surface area contributed by atoms with Gasteiger partial charge in [0.05, 0.1) is 6.10 Å². The average Bonchev–Trinajstić information content (AvgIpc) is 2.60. The summed E-state index contributed by atoms with van der Waals surface area (Å²) >= 11 is 4.93. The van der Waals surface area contributed by atoms with Crippen molar-refractivity contribution >= 4 is 28.1 Å². The van der Waals surface area contributed by atoms with Crippen LogP contribution in [0.5, 0.6) is 0 Å². The summed E-state index contributed by atoms with van der Waals surface area (Å²) in [6, 6.07) is 7.85. The zero-order valence-corrected chi connectivity index (χ0v) is 9.87. The van der Waals surface area contributed by atoms with Gasteiger partial charge in [0.1, 0.15) is 4.99 Å². The molecule has 0 radical (unpaired) electrons. The van der Waals surface area contributed by atoms with Gasteiger partial charge in [0, 0.05) is 29.2 Å². The largest absolute Gasteiger partial charge is 0.392 e. The third-order valence-electron chi connectivity index (χ3n) is 2.52. The van der Waals surface area contributed by atoms with Crippen LogP contribution in [0.4, 0.5) is 0 Å². The molecule has 0 aliphatic carbocycles. The Bertz CT molecular complexity index is 531. The maximum absolute atomic E-state index is 9.36. The minimum absolute atomic E-state index is 0.356. The van der Waals surface area contributed by atoms with Crippen LogP contribution in [0.25, 0.3) is 10.9 Å². The molecule has 1 aromatic heterocycles. The molecule has 1 heterocycles. The highest BCUT2D eigenvalue weighted by Crippen LogP contribution is 2.18. The Morgan fingerprint density at radius 3 is 2.88 bits per heavy atom. The highest BCUT2D eigenvalue weighted by Gasteiger charge is 2.05. The number of hydrogen-bond acceptors (Lipinski definition) is 2. The maximum atomic E-state index is 9.36. The van der Waals surface area contributed by atoms with Crippen molar-refractivity contribution in [1.82, 2.24) is 4.57 Å². The lowest BCUT2D eigenvalue weighted by Crippen LogP contribution is -2.11. The van der Waals surface area contributed by atoms with Crippen LogP contribution < -0.4 is 5.73 Å². The lowest BCUT2D eigenvalue weighted by molar-refractivity contribution is 0.175. The summed E-state index contributed by atoms with van der Waals surface area (Å²) in [6.07, 6.45) is 1.60. The summed E-state index contributed by atoms with van der Waals surface area (Å²) in [5.41, 5.74) is 7.53. The highest BCUT2D eigenvalue weighted by molar-refractivity contribution is 7.80. The van der Waals surface area contributed by atoms with E-state index in [1.54, 1.807) is 6.92 Å². The number of aliphatic hydroxyl groups is 1. The Balaban J connectivity index is 2.46. The molecule has 1 unspecified atom stereocenters. The van der Waals surface area contributed by atoms with Crippen molar-refractivity contribution in [3.8, 4) is 0 Å². The molecule has 2 rings (SSSR count). The van der Waals surface area contributed by atoms with Gasteiger partial charge >= 0.3 is 0 Å². The molecule has 3 nitrogen and oxygen atoms in total. The fourth-order valence-electron chi connectivity index (χ4n) is 1.80. The van der Waals surface area contributed by atoms with E-state index < -0.39 is 0 Å². The van der Waals surface area contributed by atoms with Gasteiger partial charge in [-0.15, -0.1) is 0 Å². The van der Waals surface area contributed by atoms with Crippen LogP contribution in [0.1, 0.15) is 12.5 Å². The van der Waals surface area contributed by atoms with Crippen molar-refractivity contribution in [1.29, 1.82) is 0 Å². The van der Waals surface area contributed by atoms with Crippen LogP contribution >= 0.6 is 12.2 Å². The summed E-state index contributed by atoms with van der Waals surface area (Å²) in [5.74, 6) is 0. The van der Waals surface area contributed by atoms with Crippen molar-refractivity contribution in [3.05, 3.63) is 36.0 Å². The quantitative estimate of drug-likeness (QED) is 0.794. The van der Waals surface area contributed by atoms with Crippen molar-refractivity contribution in [2.45, 2.75) is 19.6 Å². The van der Waals surface area contributed by atoms with Gasteiger partial charge in [0.2, 0.25) is 0 Å². The molecule has 0 aliphatic rings. The Morgan fingerprint density at radius 2 is 2.25 bits per heavy atom. The number of rotatable bonds is 3. The van der Waals surface area contributed by atoms with E-state index in [-0.39, 0.29) is 6.10 Å². The molecule has 3 N–H and O–H groups in total. The van der Waals surface area contributed by atoms with Crippen molar-refractivity contribution in [2.24, 2.45) is 5.73 Å². The third-order valence-corrected chi connectivity index (χ3v) is 2.75. The molecule has 0 amide bonds. The average molecular weight is 234 g/mol. The number of fused-ring (bicyclic) bond motifs is 1. The number of thiocarbonyl (C=S) groups is 1. The molecular weight excluding hydrogens is 220 g/mol. The lowest BCUT2D eigenvalue weighted by atomic mass is 10.1. The Kier molecular flexibility index (Phi) is 2.94. The first-order chi connectivity index (χ1) is 7.58. The molecule has 1 atom stereocenters. The molecule has 0 fully saturated rings. The molecule has 0 saturated heterocycles. The Labute approximate surface area is 99.5 Å². The molecule has 84 valence electrons. The fraction of sp³-hybridized carbons (Fsp3) is 0.250. The predicted molar refractivity (Wildman–Crippen MR) is 69.5 cm³/mol. The second-order valence-electron chi connectivity index (χ2n) is 3.95. The molecule has 0 spiro atoms. The number of benzene rings is 1. The number of aliphatic hydroxyl groups excluding tert-OH is 1. The molecular formula is C12H14N2OS. The molecule has 0 aliphatic heterocycles. The fourth-order valence-corrected chi connectivity index (χ4v) is 1.92. The Hall–Kier alpha value is -1.39. The van der Waals surface area contributed by atoms with Crippen molar-refractivity contribution < 1.29 is 5.11 Å². The van der Waals surface area contributed by atoms with Crippen LogP contribution in [0, 0.1) is 0 Å². The second kappa shape index (κ2) is 4.23. The summed E-state index contributed by atoms with van der Waals surface area (Å²) in [7, 11) is 0. The zero-order valence-electron chi connectivity index (χ0n) is 9.05. The lowest BCUT2D eigenvalue weighted by Gasteiger charge is -2.07. The monoisotopic (exact) mass is 234 g/mol. The van der Waals surface area contributed by atoms with Crippen molar-refractivity contribution in [2.75, 3.05) is 0 Å². The van der Waals surface area contributed by atoms with Crippen molar-refractivity contribution in [3.63, 3.8) is 0 Å². The van der Waals surface area contributed by atoms with E-state index in [0.29, 0.717) is 11.5 Å². The number of aromatic nitrogens is 1. The van der Waals surface area contributed by atoms with Gasteiger partial charge in [0.25, 0.3) is 0 Å². The van der Waals surface area contributed by atoms with Crippen LogP contribution in [0.3, 0.4) is 0 Å². The number of nitrogens with two attached hydrogens (primary N) is 1. The smallest absolute Gasteiger partial charge is 0.104 e. The van der Waals surface area contributed by atoms with Gasteiger partial charge in [-0.05, 0) is 31.2 Å². The molecule has 0 saturated carbocycles. The molecule has 4 heteroatoms. The van der Waals surface area contributed by atoms with E-state index in [0.717, 1.165) is 16.5 Å². The first kappa shape index (κ1) is 11.1. The molecule has 16 heavy (non-hydrogen) atoms. The summed E-state index contributed by atoms with van der Waals surface area (Å²) < 4.78 is 2.02. The van der Waals surface area contributed by atoms with E-state index in [9.17, 15) is 5.11 Å². The first-order valence-corrected chi connectivity index (χ1v) is 5.55. The van der Waals surface area contributed by atoms with Gasteiger partial charge in [-0.2, -0.15) is 0 Å². The minimum atomic E-state index is -0.356. The summed E-state index contributed by atoms with van der Waals surface area (Å²) in [5, 5.41) is 10.5. The second-order valence-corrected chi connectivity index (χ2v) is 4.39. The normalized spacial score (nSPS) is 12.9. The summed E-state index contributed by atoms with van der Waals surface area (Å²) in [6.45, 7) is 2.37. The number of nitrogens with zero attached hydrogens (tertiary/aromatic N) is 1. The molecule has 1 aromatic carbocycles. The van der Waals surface area contributed by atoms with E-state index >= 15 is 0 Å². The minimum Gasteiger partial charge on any atom is -0.392 e. The number of hydrogen-bond donors (Lipinski definition) is 2. The molecule has 0 bridgehead atoms. The highest BCUT2D eigenvalue weighted by atomic mass is 32.1. The van der Waals surface area contributed by atoms with E-state index in [1.165, 1.54) is 0 Å².